The van der Waals surface area contributed by atoms with Crippen LogP contribution in [0.3, 0.4) is 0 Å². The Hall–Kier alpha value is -2.60. The van der Waals surface area contributed by atoms with Crippen molar-refractivity contribution in [3.8, 4) is 11.4 Å². The number of hydrogen-bond donors (Lipinski definition) is 1. The second-order valence-electron chi connectivity index (χ2n) is 5.27. The zero-order valence-electron chi connectivity index (χ0n) is 13.0. The number of halogens is 1. The van der Waals surface area contributed by atoms with E-state index in [1.165, 1.54) is 4.68 Å². The summed E-state index contributed by atoms with van der Waals surface area (Å²) in [5.41, 5.74) is 2.57. The molecule has 2 aromatic heterocycles. The van der Waals surface area contributed by atoms with E-state index < -0.39 is 0 Å². The summed E-state index contributed by atoms with van der Waals surface area (Å²) < 4.78 is 3.40. The molecular formula is C16H16ClN5O. The number of amides is 1. The van der Waals surface area contributed by atoms with E-state index in [4.69, 9.17) is 11.6 Å². The molecule has 0 aliphatic rings. The molecule has 1 N–H and O–H groups in total. The average Bonchev–Trinajstić information content (AvgIpc) is 3.03. The minimum absolute atomic E-state index is 0.280. The van der Waals surface area contributed by atoms with Gasteiger partial charge in [0.15, 0.2) is 0 Å². The fourth-order valence-corrected chi connectivity index (χ4v) is 2.72. The van der Waals surface area contributed by atoms with Crippen molar-refractivity contribution in [1.29, 1.82) is 0 Å². The third-order valence-corrected chi connectivity index (χ3v) is 4.01. The number of nitrogens with zero attached hydrogens (tertiary/aromatic N) is 4. The molecule has 0 aliphatic carbocycles. The van der Waals surface area contributed by atoms with Crippen LogP contribution in [-0.4, -0.2) is 25.2 Å². The molecule has 3 rings (SSSR count). The summed E-state index contributed by atoms with van der Waals surface area (Å²) >= 11 is 6.13. The molecule has 7 heteroatoms. The van der Waals surface area contributed by atoms with Gasteiger partial charge in [0.05, 0.1) is 11.3 Å². The van der Waals surface area contributed by atoms with Crippen LogP contribution in [0.15, 0.2) is 36.7 Å². The maximum Gasteiger partial charge on any atom is 0.260 e. The van der Waals surface area contributed by atoms with Gasteiger partial charge < -0.3 is 9.88 Å². The first-order chi connectivity index (χ1) is 11.0. The molecule has 0 fully saturated rings. The first-order valence-electron chi connectivity index (χ1n) is 7.05. The lowest BCUT2D eigenvalue weighted by molar-refractivity contribution is 0.102. The Morgan fingerprint density at radius 2 is 2.09 bits per heavy atom. The van der Waals surface area contributed by atoms with Crippen LogP contribution in [-0.2, 0) is 14.1 Å². The minimum atomic E-state index is -0.280. The molecule has 6 nitrogen and oxygen atoms in total. The minimum Gasteiger partial charge on any atom is -0.334 e. The number of hydrogen-bond acceptors (Lipinski definition) is 3. The first kappa shape index (κ1) is 15.3. The van der Waals surface area contributed by atoms with E-state index in [0.29, 0.717) is 22.1 Å². The molecule has 0 radical (unpaired) electrons. The zero-order chi connectivity index (χ0) is 16.6. The molecule has 0 atom stereocenters. The lowest BCUT2D eigenvalue weighted by Crippen LogP contribution is -2.13. The molecule has 0 aliphatic heterocycles. The third-order valence-electron chi connectivity index (χ3n) is 3.58. The van der Waals surface area contributed by atoms with Crippen molar-refractivity contribution in [2.45, 2.75) is 6.92 Å². The topological polar surface area (TPSA) is 64.7 Å². The molecule has 0 saturated heterocycles. The van der Waals surface area contributed by atoms with E-state index in [-0.39, 0.29) is 5.91 Å². The third kappa shape index (κ3) is 2.85. The van der Waals surface area contributed by atoms with E-state index in [0.717, 1.165) is 11.4 Å². The smallest absolute Gasteiger partial charge is 0.260 e. The molecule has 0 saturated carbocycles. The zero-order valence-corrected chi connectivity index (χ0v) is 13.8. The normalized spacial score (nSPS) is 10.8. The molecule has 2 heterocycles. The number of carbonyl (C=O) groups excluding carboxylic acids is 1. The highest BCUT2D eigenvalue weighted by molar-refractivity contribution is 6.33. The first-order valence-corrected chi connectivity index (χ1v) is 7.43. The molecule has 0 bridgehead atoms. The largest absolute Gasteiger partial charge is 0.334 e. The number of nitrogens with one attached hydrogen (secondary N) is 1. The Morgan fingerprint density at radius 1 is 1.30 bits per heavy atom. The molecule has 0 spiro atoms. The van der Waals surface area contributed by atoms with Crippen LogP contribution in [0, 0.1) is 6.92 Å². The predicted molar refractivity (Wildman–Crippen MR) is 89.6 cm³/mol. The van der Waals surface area contributed by atoms with E-state index in [1.807, 2.05) is 42.1 Å². The molecule has 1 aromatic carbocycles. The summed E-state index contributed by atoms with van der Waals surface area (Å²) in [6.45, 7) is 1.76. The summed E-state index contributed by atoms with van der Waals surface area (Å²) in [6.07, 6.45) is 3.61. The van der Waals surface area contributed by atoms with Gasteiger partial charge in [-0.05, 0) is 19.1 Å². The Labute approximate surface area is 138 Å². The van der Waals surface area contributed by atoms with Gasteiger partial charge in [0.2, 0.25) is 0 Å². The Balaban J connectivity index is 1.89. The van der Waals surface area contributed by atoms with E-state index in [9.17, 15) is 4.79 Å². The van der Waals surface area contributed by atoms with Crippen molar-refractivity contribution in [3.63, 3.8) is 0 Å². The van der Waals surface area contributed by atoms with Crippen LogP contribution < -0.4 is 5.32 Å². The molecular weight excluding hydrogens is 314 g/mol. The number of aromatic nitrogens is 4. The number of carbonyl (C=O) groups is 1. The maximum atomic E-state index is 12.5. The van der Waals surface area contributed by atoms with Crippen molar-refractivity contribution >= 4 is 23.2 Å². The molecule has 3 aromatic rings. The number of rotatable bonds is 3. The van der Waals surface area contributed by atoms with Crippen molar-refractivity contribution in [2.24, 2.45) is 14.1 Å². The number of imidazole rings is 1. The van der Waals surface area contributed by atoms with Gasteiger partial charge in [0.1, 0.15) is 11.0 Å². The van der Waals surface area contributed by atoms with Gasteiger partial charge in [-0.25, -0.2) is 4.98 Å². The van der Waals surface area contributed by atoms with Gasteiger partial charge in [-0.2, -0.15) is 5.10 Å². The van der Waals surface area contributed by atoms with Gasteiger partial charge >= 0.3 is 0 Å². The van der Waals surface area contributed by atoms with Gasteiger partial charge in [0, 0.05) is 37.7 Å². The van der Waals surface area contributed by atoms with E-state index in [1.54, 1.807) is 20.2 Å². The van der Waals surface area contributed by atoms with Crippen molar-refractivity contribution < 1.29 is 4.79 Å². The van der Waals surface area contributed by atoms with Crippen molar-refractivity contribution in [3.05, 3.63) is 53.1 Å². The van der Waals surface area contributed by atoms with Crippen LogP contribution in [0.4, 0.5) is 5.69 Å². The maximum absolute atomic E-state index is 12.5. The Morgan fingerprint density at radius 3 is 2.70 bits per heavy atom. The monoisotopic (exact) mass is 329 g/mol. The second-order valence-corrected chi connectivity index (χ2v) is 5.63. The fourth-order valence-electron chi connectivity index (χ4n) is 2.46. The summed E-state index contributed by atoms with van der Waals surface area (Å²) in [5.74, 6) is 0.550. The quantitative estimate of drug-likeness (QED) is 0.803. The summed E-state index contributed by atoms with van der Waals surface area (Å²) in [5, 5.41) is 7.33. The van der Waals surface area contributed by atoms with E-state index >= 15 is 0 Å². The Kier molecular flexibility index (Phi) is 3.92. The lowest BCUT2D eigenvalue weighted by atomic mass is 10.1. The van der Waals surface area contributed by atoms with Crippen LogP contribution in [0.25, 0.3) is 11.4 Å². The summed E-state index contributed by atoms with van der Waals surface area (Å²) in [7, 11) is 3.63. The average molecular weight is 330 g/mol. The SMILES string of the molecule is Cc1nn(C)c(Cl)c1C(=O)Nc1cccc(-c2nccn2C)c1. The second kappa shape index (κ2) is 5.89. The van der Waals surface area contributed by atoms with Crippen LogP contribution in [0.2, 0.25) is 5.15 Å². The fraction of sp³-hybridized carbons (Fsp3) is 0.188. The van der Waals surface area contributed by atoms with Crippen molar-refractivity contribution in [1.82, 2.24) is 19.3 Å². The summed E-state index contributed by atoms with van der Waals surface area (Å²) in [4.78, 5) is 16.8. The highest BCUT2D eigenvalue weighted by atomic mass is 35.5. The van der Waals surface area contributed by atoms with Gasteiger partial charge in [-0.3, -0.25) is 9.48 Å². The number of anilines is 1. The molecule has 23 heavy (non-hydrogen) atoms. The number of benzene rings is 1. The highest BCUT2D eigenvalue weighted by Crippen LogP contribution is 2.23. The van der Waals surface area contributed by atoms with Gasteiger partial charge in [-0.1, -0.05) is 23.7 Å². The molecule has 1 amide bonds. The van der Waals surface area contributed by atoms with Crippen LogP contribution >= 0.6 is 11.6 Å². The lowest BCUT2D eigenvalue weighted by Gasteiger charge is -2.08. The van der Waals surface area contributed by atoms with Gasteiger partial charge in [0.25, 0.3) is 5.91 Å². The standard InChI is InChI=1S/C16H16ClN5O/c1-10-13(14(17)22(3)20-10)16(23)19-12-6-4-5-11(9-12)15-18-7-8-21(15)2/h4-9H,1-3H3,(H,19,23). The molecule has 118 valence electrons. The number of aryl methyl sites for hydroxylation is 3. The predicted octanol–water partition coefficient (Wildman–Crippen LogP) is 3.03. The Bertz CT molecular complexity index is 880. The molecule has 0 unspecified atom stereocenters. The van der Waals surface area contributed by atoms with Crippen LogP contribution in [0.1, 0.15) is 16.1 Å². The van der Waals surface area contributed by atoms with E-state index in [2.05, 4.69) is 15.4 Å². The highest BCUT2D eigenvalue weighted by Gasteiger charge is 2.19. The summed E-state index contributed by atoms with van der Waals surface area (Å²) in [6, 6.07) is 7.52. The van der Waals surface area contributed by atoms with Gasteiger partial charge in [-0.15, -0.1) is 0 Å². The van der Waals surface area contributed by atoms with Crippen LogP contribution in [0.5, 0.6) is 0 Å². The van der Waals surface area contributed by atoms with Crippen molar-refractivity contribution in [2.75, 3.05) is 5.32 Å².